The lowest BCUT2D eigenvalue weighted by molar-refractivity contribution is -0.135. The number of Topliss-reactive ketones (excluding diaryl/α,β-unsaturated/α-hetero) is 1. The summed E-state index contributed by atoms with van der Waals surface area (Å²) in [6, 6.07) is 78.4. The fourth-order valence-electron chi connectivity index (χ4n) is 17.3. The van der Waals surface area contributed by atoms with E-state index in [9.17, 15) is 72.0 Å². The molecule has 0 bridgehead atoms. The highest BCUT2D eigenvalue weighted by molar-refractivity contribution is 7.90. The number of hydrogen-bond donors (Lipinski definition) is 11. The lowest BCUT2D eigenvalue weighted by atomic mass is 9.91. The third-order valence-electron chi connectivity index (χ3n) is 24.4. The zero-order chi connectivity index (χ0) is 98.4. The molecule has 34 heteroatoms. The topological polar surface area (TPSA) is 416 Å². The minimum absolute atomic E-state index is 0.0614. The number of halogens is 1. The van der Waals surface area contributed by atoms with Crippen LogP contribution in [0, 0.1) is 11.8 Å². The van der Waals surface area contributed by atoms with Crippen LogP contribution < -0.4 is 50.8 Å². The number of amides is 7. The summed E-state index contributed by atoms with van der Waals surface area (Å²) in [6.07, 6.45) is 5.46. The number of benzene rings is 11. The second-order valence-electron chi connectivity index (χ2n) is 35.5. The molecule has 1 aromatic heterocycles. The molecule has 0 radical (unpaired) electrons. The van der Waals surface area contributed by atoms with Gasteiger partial charge in [-0.2, -0.15) is 18.9 Å². The summed E-state index contributed by atoms with van der Waals surface area (Å²) in [6.45, 7) is 7.55. The maximum Gasteiger partial charge on any atom is 0.242 e. The standard InChI is InChI=1S/C28H32N4O4S.C27H24ClN3O4S.C25H31N3O4S.C25H25N3O4S/c1-32(20-22-10-6-3-7-11-22)17-16-29-28(34)26(18-21-8-4-2-5-9-21)31-37(35,36)24-13-14-25-23(19-24)12-15-27(33)30-25;28-20-7-9-21(10-8-20)30-27(33)26(16-22-13-19-3-1-2-4-25(19)29-22)31-36(34,35)24-12-6-17-14-23(32)11-5-18(17)15-24;1-17-12-18(2)16-28(15-17)25(30)23(13-19-6-4-3-5-7-19)27-33(31,32)21-9-10-22-20(14-21)8-11-24(29)26-22;29-24-14-11-20-16-21(12-13-22(20)27-24)33(31,32)28-23(15-18-7-3-1-4-8-18)25(30)26-17-19-9-5-2-6-10-19/h2-11,13-14,19,26,31H,12,15-18,20H2,1H3,(H,29,34)(H,30,33);1-4,6-10,12-13,15,26,29,31H,5,11,14,16H2,(H,30,33);3-7,9-10,14,17-18,23,27H,8,11-13,15-16H2,1-2H3,(H,26,29);1-10,12-13,16,23,28H,11,14-15,17H2,(H,26,30)(H,27,29). The lowest BCUT2D eigenvalue weighted by Gasteiger charge is -2.37. The minimum atomic E-state index is -4.03. The van der Waals surface area contributed by atoms with Gasteiger partial charge in [0.15, 0.2) is 0 Å². The number of piperidine rings is 1. The fourth-order valence-corrected chi connectivity index (χ4v) is 22.4. The first-order chi connectivity index (χ1) is 66.7. The molecule has 6 atom stereocenters. The number of carbonyl (C=O) groups excluding carboxylic acids is 8. The average Bonchev–Trinajstić information content (AvgIpc) is 0.950. The van der Waals surface area contributed by atoms with Crippen molar-refractivity contribution >= 4 is 132 Å². The lowest BCUT2D eigenvalue weighted by Crippen LogP contribution is -2.53. The zero-order valence-electron chi connectivity index (χ0n) is 77.1. The van der Waals surface area contributed by atoms with Crippen LogP contribution in [-0.2, 0) is 149 Å². The number of aryl methyl sites for hydroxylation is 4. The summed E-state index contributed by atoms with van der Waals surface area (Å²) < 4.78 is 117. The van der Waals surface area contributed by atoms with Gasteiger partial charge in [-0.3, -0.25) is 38.4 Å². The predicted molar refractivity (Wildman–Crippen MR) is 536 cm³/mol. The zero-order valence-corrected chi connectivity index (χ0v) is 81.1. The number of likely N-dealkylation sites (N-methyl/N-ethyl adjacent to an activating group) is 1. The van der Waals surface area contributed by atoms with E-state index in [1.54, 1.807) is 77.7 Å². The summed E-state index contributed by atoms with van der Waals surface area (Å²) in [5.74, 6) is -0.825. The number of H-pyrrole nitrogens is 1. The highest BCUT2D eigenvalue weighted by Gasteiger charge is 2.37. The molecule has 6 unspecified atom stereocenters. The van der Waals surface area contributed by atoms with E-state index in [1.165, 1.54) is 29.8 Å². The van der Waals surface area contributed by atoms with Crippen molar-refractivity contribution in [3.05, 3.63) is 345 Å². The van der Waals surface area contributed by atoms with Crippen molar-refractivity contribution in [2.24, 2.45) is 11.8 Å². The Morgan fingerprint density at radius 3 is 1.25 bits per heavy atom. The molecular formula is C105H112ClN13O16S4. The Bertz CT molecular complexity index is 6870. The molecule has 1 saturated heterocycles. The molecule has 1 fully saturated rings. The fraction of sp³-hybridized carbons (Fsp3) is 0.276. The van der Waals surface area contributed by atoms with Crippen LogP contribution in [0.3, 0.4) is 0 Å². The molecule has 29 nitrogen and oxygen atoms in total. The van der Waals surface area contributed by atoms with Crippen LogP contribution in [-0.4, -0.2) is 153 Å². The summed E-state index contributed by atoms with van der Waals surface area (Å²) >= 11 is 5.94. The van der Waals surface area contributed by atoms with Gasteiger partial charge in [0.25, 0.3) is 0 Å². The van der Waals surface area contributed by atoms with E-state index in [1.807, 2.05) is 189 Å². The summed E-state index contributed by atoms with van der Waals surface area (Å²) in [4.78, 5) is 107. The number of likely N-dealkylation sites (tertiary alicyclic amines) is 1. The molecule has 139 heavy (non-hydrogen) atoms. The Balaban J connectivity index is 0.000000148. The van der Waals surface area contributed by atoms with Gasteiger partial charge in [0, 0.05) is 117 Å². The largest absolute Gasteiger partial charge is 0.358 e. The SMILES string of the molecule is CC1CC(C)CN(C(=O)C(Cc2ccccc2)NS(=O)(=O)c2ccc3c(c2)CCC(=O)N3)C1.CN(CCNC(=O)C(Cc1ccccc1)NS(=O)(=O)c1ccc2c(c1)CCC(=O)N2)Cc1ccccc1.O=C1CCc2cc(S(=O)(=O)NC(Cc3cc4ccccc4[nH]3)C(=O)Nc3ccc(Cl)cc3)ccc2C1.O=C1CCc2cc(S(=O)(=O)NC(Cc3ccccc3)C(=O)NCc3ccccc3)ccc2N1. The van der Waals surface area contributed by atoms with E-state index in [0.717, 1.165) is 79.6 Å². The van der Waals surface area contributed by atoms with E-state index < -0.39 is 76.1 Å². The maximum absolute atomic E-state index is 13.5. The molecule has 5 heterocycles. The quantitative estimate of drug-likeness (QED) is 0.0187. The van der Waals surface area contributed by atoms with Gasteiger partial charge in [-0.25, -0.2) is 33.7 Å². The van der Waals surface area contributed by atoms with Crippen LogP contribution in [0.4, 0.5) is 22.7 Å². The van der Waals surface area contributed by atoms with Crippen molar-refractivity contribution in [3.8, 4) is 0 Å². The number of sulfonamides is 4. The van der Waals surface area contributed by atoms with E-state index in [0.29, 0.717) is 130 Å². The van der Waals surface area contributed by atoms with Gasteiger partial charge in [-0.1, -0.05) is 201 Å². The molecule has 0 saturated carbocycles. The smallest absolute Gasteiger partial charge is 0.242 e. The monoisotopic (exact) mass is 1970 g/mol. The van der Waals surface area contributed by atoms with Crippen LogP contribution >= 0.6 is 11.6 Å². The normalized spacial score (nSPS) is 16.0. The van der Waals surface area contributed by atoms with E-state index in [2.05, 4.69) is 74.5 Å². The number of rotatable bonds is 32. The molecular weight excluding hydrogens is 1860 g/mol. The first kappa shape index (κ1) is 102. The Morgan fingerprint density at radius 2 is 0.791 bits per heavy atom. The molecule has 4 aliphatic heterocycles. The number of fused-ring (bicyclic) bond motifs is 5. The second kappa shape index (κ2) is 47.0. The predicted octanol–water partition coefficient (Wildman–Crippen LogP) is 12.9. The Hall–Kier alpha value is -13.2. The number of anilines is 4. The van der Waals surface area contributed by atoms with Gasteiger partial charge in [-0.15, -0.1) is 0 Å². The van der Waals surface area contributed by atoms with Crippen molar-refractivity contribution in [2.75, 3.05) is 54.5 Å². The summed E-state index contributed by atoms with van der Waals surface area (Å²) in [5.41, 5.74) is 12.7. The van der Waals surface area contributed by atoms with Crippen LogP contribution in [0.15, 0.2) is 299 Å². The first-order valence-electron chi connectivity index (χ1n) is 46.0. The van der Waals surface area contributed by atoms with Crippen LogP contribution in [0.5, 0.6) is 0 Å². The molecule has 12 aromatic rings. The number of carbonyl (C=O) groups is 8. The summed E-state index contributed by atoms with van der Waals surface area (Å²) in [5, 5.41) is 18.3. The van der Waals surface area contributed by atoms with Gasteiger partial charge in [0.2, 0.25) is 81.4 Å². The van der Waals surface area contributed by atoms with Crippen LogP contribution in [0.1, 0.15) is 107 Å². The van der Waals surface area contributed by atoms with Gasteiger partial charge >= 0.3 is 0 Å². The van der Waals surface area contributed by atoms with Gasteiger partial charge in [-0.05, 0) is 234 Å². The van der Waals surface area contributed by atoms with E-state index in [4.69, 9.17) is 11.6 Å². The molecule has 1 aliphatic carbocycles. The number of aromatic nitrogens is 1. The van der Waals surface area contributed by atoms with Crippen molar-refractivity contribution in [1.82, 2.24) is 44.3 Å². The summed E-state index contributed by atoms with van der Waals surface area (Å²) in [7, 11) is -14.0. The highest BCUT2D eigenvalue weighted by atomic mass is 35.5. The highest BCUT2D eigenvalue weighted by Crippen LogP contribution is 2.32. The van der Waals surface area contributed by atoms with E-state index in [-0.39, 0.29) is 80.6 Å². The number of ketones is 1. The van der Waals surface area contributed by atoms with Crippen molar-refractivity contribution < 1.29 is 72.0 Å². The number of nitrogens with zero attached hydrogens (tertiary/aromatic N) is 2. The van der Waals surface area contributed by atoms with Crippen LogP contribution in [0.25, 0.3) is 10.9 Å². The number of nitrogens with one attached hydrogen (secondary N) is 11. The Labute approximate surface area is 815 Å². The number of hydrogen-bond acceptors (Lipinski definition) is 17. The average molecular weight is 1980 g/mol. The molecule has 11 aromatic carbocycles. The maximum atomic E-state index is 13.5. The van der Waals surface area contributed by atoms with Crippen LogP contribution in [0.2, 0.25) is 5.02 Å². The second-order valence-corrected chi connectivity index (χ2v) is 42.8. The Morgan fingerprint density at radius 1 is 0.403 bits per heavy atom. The molecule has 5 aliphatic rings. The third-order valence-corrected chi connectivity index (χ3v) is 30.5. The number of aromatic amines is 1. The minimum Gasteiger partial charge on any atom is -0.358 e. The van der Waals surface area contributed by atoms with Gasteiger partial charge in [0.1, 0.15) is 30.0 Å². The van der Waals surface area contributed by atoms with Crippen molar-refractivity contribution in [2.45, 2.75) is 161 Å². The third kappa shape index (κ3) is 29.0. The number of para-hydroxylation sites is 1. The molecule has 0 spiro atoms. The van der Waals surface area contributed by atoms with Gasteiger partial charge in [0.05, 0.1) is 19.6 Å². The van der Waals surface area contributed by atoms with Crippen molar-refractivity contribution in [3.63, 3.8) is 0 Å². The van der Waals surface area contributed by atoms with E-state index >= 15 is 0 Å². The molecule has 11 N–H and O–H groups in total. The molecule has 17 rings (SSSR count). The van der Waals surface area contributed by atoms with Gasteiger partial charge < -0.3 is 46.7 Å². The van der Waals surface area contributed by atoms with Crippen molar-refractivity contribution in [1.29, 1.82) is 0 Å². The Kier molecular flexibility index (Phi) is 34.4. The first-order valence-corrected chi connectivity index (χ1v) is 52.4. The molecule has 724 valence electrons. The molecule has 7 amide bonds.